The van der Waals surface area contributed by atoms with Crippen LogP contribution in [0, 0.1) is 0 Å². The first-order chi connectivity index (χ1) is 8.09. The van der Waals surface area contributed by atoms with Crippen LogP contribution in [0.1, 0.15) is 25.3 Å². The molecule has 0 saturated heterocycles. The molecule has 0 fully saturated rings. The SMILES string of the molecule is CC(=O)CCC(=O)NCCc1ccccc1Br. The van der Waals surface area contributed by atoms with Crippen LogP contribution in [0.4, 0.5) is 0 Å². The predicted molar refractivity (Wildman–Crippen MR) is 70.8 cm³/mol. The second kappa shape index (κ2) is 7.22. The van der Waals surface area contributed by atoms with E-state index in [1.54, 1.807) is 0 Å². The smallest absolute Gasteiger partial charge is 0.220 e. The molecule has 0 atom stereocenters. The first-order valence-electron chi connectivity index (χ1n) is 5.59. The van der Waals surface area contributed by atoms with Crippen molar-refractivity contribution < 1.29 is 9.59 Å². The van der Waals surface area contributed by atoms with Crippen molar-refractivity contribution in [3.63, 3.8) is 0 Å². The molecule has 0 aliphatic rings. The Kier molecular flexibility index (Phi) is 5.91. The Morgan fingerprint density at radius 3 is 2.59 bits per heavy atom. The van der Waals surface area contributed by atoms with Gasteiger partial charge in [-0.2, -0.15) is 0 Å². The number of rotatable bonds is 6. The highest BCUT2D eigenvalue weighted by Crippen LogP contribution is 2.15. The van der Waals surface area contributed by atoms with Gasteiger partial charge in [0, 0.05) is 23.9 Å². The maximum atomic E-state index is 11.3. The fourth-order valence-electron chi connectivity index (χ4n) is 1.42. The number of amides is 1. The van der Waals surface area contributed by atoms with Gasteiger partial charge in [-0.3, -0.25) is 4.79 Å². The Bertz CT molecular complexity index is 404. The molecule has 0 bridgehead atoms. The third kappa shape index (κ3) is 5.63. The minimum atomic E-state index is -0.0627. The van der Waals surface area contributed by atoms with Crippen LogP contribution in [0.3, 0.4) is 0 Å². The summed E-state index contributed by atoms with van der Waals surface area (Å²) in [5.74, 6) is -0.0155. The number of halogens is 1. The molecule has 0 saturated carbocycles. The normalized spacial score (nSPS) is 10.0. The number of carbonyl (C=O) groups excluding carboxylic acids is 2. The van der Waals surface area contributed by atoms with Crippen molar-refractivity contribution in [2.75, 3.05) is 6.54 Å². The summed E-state index contributed by atoms with van der Waals surface area (Å²) in [4.78, 5) is 22.0. The second-order valence-corrected chi connectivity index (χ2v) is 4.75. The van der Waals surface area contributed by atoms with Crippen LogP contribution in [0.5, 0.6) is 0 Å². The molecule has 1 N–H and O–H groups in total. The van der Waals surface area contributed by atoms with Gasteiger partial charge in [0.1, 0.15) is 5.78 Å². The van der Waals surface area contributed by atoms with E-state index in [1.807, 2.05) is 24.3 Å². The van der Waals surface area contributed by atoms with Crippen LogP contribution >= 0.6 is 15.9 Å². The van der Waals surface area contributed by atoms with E-state index in [0.29, 0.717) is 13.0 Å². The molecule has 1 rings (SSSR count). The van der Waals surface area contributed by atoms with Gasteiger partial charge in [0.25, 0.3) is 0 Å². The molecule has 0 aromatic heterocycles. The van der Waals surface area contributed by atoms with Gasteiger partial charge >= 0.3 is 0 Å². The number of ketones is 1. The number of nitrogens with one attached hydrogen (secondary N) is 1. The molecule has 0 heterocycles. The third-order valence-corrected chi connectivity index (χ3v) is 3.15. The minimum absolute atomic E-state index is 0.0472. The number of hydrogen-bond acceptors (Lipinski definition) is 2. The average molecular weight is 298 g/mol. The zero-order valence-electron chi connectivity index (χ0n) is 9.83. The van der Waals surface area contributed by atoms with E-state index in [1.165, 1.54) is 12.5 Å². The topological polar surface area (TPSA) is 46.2 Å². The highest BCUT2D eigenvalue weighted by Gasteiger charge is 2.03. The molecule has 92 valence electrons. The van der Waals surface area contributed by atoms with Crippen molar-refractivity contribution in [3.05, 3.63) is 34.3 Å². The summed E-state index contributed by atoms with van der Waals surface area (Å²) in [6.07, 6.45) is 1.39. The van der Waals surface area contributed by atoms with Crippen LogP contribution in [-0.4, -0.2) is 18.2 Å². The summed E-state index contributed by atoms with van der Waals surface area (Å²) in [5.41, 5.74) is 1.17. The maximum Gasteiger partial charge on any atom is 0.220 e. The molecular formula is C13H16BrNO2. The summed E-state index contributed by atoms with van der Waals surface area (Å²) in [6, 6.07) is 7.93. The first-order valence-corrected chi connectivity index (χ1v) is 6.38. The van der Waals surface area contributed by atoms with Crippen LogP contribution in [0.15, 0.2) is 28.7 Å². The Labute approximate surface area is 110 Å². The molecule has 0 unspecified atom stereocenters. The third-order valence-electron chi connectivity index (χ3n) is 2.38. The lowest BCUT2D eigenvalue weighted by molar-refractivity contribution is -0.124. The van der Waals surface area contributed by atoms with Crippen LogP contribution < -0.4 is 5.32 Å². The quantitative estimate of drug-likeness (QED) is 0.877. The van der Waals surface area contributed by atoms with Crippen molar-refractivity contribution in [2.45, 2.75) is 26.2 Å². The number of hydrogen-bond donors (Lipinski definition) is 1. The van der Waals surface area contributed by atoms with E-state index in [4.69, 9.17) is 0 Å². The molecule has 0 spiro atoms. The van der Waals surface area contributed by atoms with Gasteiger partial charge < -0.3 is 10.1 Å². The number of benzene rings is 1. The van der Waals surface area contributed by atoms with Gasteiger partial charge in [0.05, 0.1) is 0 Å². The minimum Gasteiger partial charge on any atom is -0.356 e. The van der Waals surface area contributed by atoms with Crippen molar-refractivity contribution >= 4 is 27.6 Å². The molecule has 0 radical (unpaired) electrons. The maximum absolute atomic E-state index is 11.3. The molecule has 4 heteroatoms. The highest BCUT2D eigenvalue weighted by atomic mass is 79.9. The number of carbonyl (C=O) groups is 2. The summed E-state index contributed by atoms with van der Waals surface area (Å²) in [7, 11) is 0. The lowest BCUT2D eigenvalue weighted by atomic mass is 10.1. The van der Waals surface area contributed by atoms with Crippen molar-refractivity contribution in [1.29, 1.82) is 0 Å². The standard InChI is InChI=1S/C13H16BrNO2/c1-10(16)6-7-13(17)15-9-8-11-4-2-3-5-12(11)14/h2-5H,6-9H2,1H3,(H,15,17). The van der Waals surface area contributed by atoms with Crippen LogP contribution in [0.25, 0.3) is 0 Å². The highest BCUT2D eigenvalue weighted by molar-refractivity contribution is 9.10. The van der Waals surface area contributed by atoms with E-state index in [2.05, 4.69) is 21.2 Å². The van der Waals surface area contributed by atoms with Gasteiger partial charge in [0.2, 0.25) is 5.91 Å². The van der Waals surface area contributed by atoms with E-state index in [0.717, 1.165) is 10.9 Å². The lowest BCUT2D eigenvalue weighted by Crippen LogP contribution is -2.25. The van der Waals surface area contributed by atoms with Crippen LogP contribution in [0.2, 0.25) is 0 Å². The lowest BCUT2D eigenvalue weighted by Gasteiger charge is -2.06. The Balaban J connectivity index is 2.26. The monoisotopic (exact) mass is 297 g/mol. The van der Waals surface area contributed by atoms with Gasteiger partial charge in [-0.25, -0.2) is 0 Å². The Morgan fingerprint density at radius 2 is 1.94 bits per heavy atom. The van der Waals surface area contributed by atoms with E-state index >= 15 is 0 Å². The summed E-state index contributed by atoms with van der Waals surface area (Å²) >= 11 is 3.46. The molecule has 1 amide bonds. The average Bonchev–Trinajstić information content (AvgIpc) is 2.29. The fraction of sp³-hybridized carbons (Fsp3) is 0.385. The van der Waals surface area contributed by atoms with Gasteiger partial charge in [0.15, 0.2) is 0 Å². The molecular weight excluding hydrogens is 282 g/mol. The largest absolute Gasteiger partial charge is 0.356 e. The number of Topliss-reactive ketones (excluding diaryl/α,β-unsaturated/α-hetero) is 1. The zero-order chi connectivity index (χ0) is 12.7. The predicted octanol–water partition coefficient (Wildman–Crippen LogP) is 2.48. The van der Waals surface area contributed by atoms with Crippen molar-refractivity contribution in [2.24, 2.45) is 0 Å². The van der Waals surface area contributed by atoms with Gasteiger partial charge in [-0.05, 0) is 25.0 Å². The molecule has 1 aromatic carbocycles. The first kappa shape index (κ1) is 13.9. The van der Waals surface area contributed by atoms with E-state index in [9.17, 15) is 9.59 Å². The molecule has 3 nitrogen and oxygen atoms in total. The fourth-order valence-corrected chi connectivity index (χ4v) is 1.90. The summed E-state index contributed by atoms with van der Waals surface area (Å²) < 4.78 is 1.05. The zero-order valence-corrected chi connectivity index (χ0v) is 11.4. The second-order valence-electron chi connectivity index (χ2n) is 3.89. The van der Waals surface area contributed by atoms with Crippen molar-refractivity contribution in [3.8, 4) is 0 Å². The molecule has 17 heavy (non-hydrogen) atoms. The molecule has 0 aliphatic heterocycles. The van der Waals surface area contributed by atoms with Gasteiger partial charge in [-0.1, -0.05) is 34.1 Å². The Morgan fingerprint density at radius 1 is 1.24 bits per heavy atom. The van der Waals surface area contributed by atoms with Gasteiger partial charge in [-0.15, -0.1) is 0 Å². The summed E-state index contributed by atoms with van der Waals surface area (Å²) in [5, 5.41) is 2.80. The van der Waals surface area contributed by atoms with Crippen molar-refractivity contribution in [1.82, 2.24) is 5.32 Å². The van der Waals surface area contributed by atoms with Crippen LogP contribution in [-0.2, 0) is 16.0 Å². The molecule has 1 aromatic rings. The van der Waals surface area contributed by atoms with E-state index in [-0.39, 0.29) is 18.1 Å². The Hall–Kier alpha value is -1.16. The molecule has 0 aliphatic carbocycles. The van der Waals surface area contributed by atoms with E-state index < -0.39 is 0 Å². The summed E-state index contributed by atoms with van der Waals surface area (Å²) in [6.45, 7) is 2.09.